The van der Waals surface area contributed by atoms with Gasteiger partial charge in [-0.1, -0.05) is 10.4 Å². The number of aromatic nitrogens is 5. The normalized spacial score (nSPS) is 11.1. The molecule has 0 bridgehead atoms. The van der Waals surface area contributed by atoms with E-state index in [0.29, 0.717) is 11.7 Å². The number of hydrogen-bond donors (Lipinski definition) is 0. The summed E-state index contributed by atoms with van der Waals surface area (Å²) < 4.78 is 6.66. The molecule has 2 heterocycles. The molecule has 6 heteroatoms. The highest BCUT2D eigenvalue weighted by molar-refractivity contribution is 5.79. The van der Waals surface area contributed by atoms with E-state index in [0.717, 1.165) is 16.6 Å². The number of rotatable bonds is 1. The minimum atomic E-state index is 0.550. The van der Waals surface area contributed by atoms with Gasteiger partial charge in [0.1, 0.15) is 5.52 Å². The van der Waals surface area contributed by atoms with Crippen molar-refractivity contribution < 1.29 is 4.52 Å². The second-order valence-electron chi connectivity index (χ2n) is 3.55. The molecule has 0 spiro atoms. The maximum Gasteiger partial charge on any atom is 0.223 e. The fourth-order valence-corrected chi connectivity index (χ4v) is 1.60. The molecule has 0 radical (unpaired) electrons. The Balaban J connectivity index is 2.18. The Morgan fingerprint density at radius 2 is 2.19 bits per heavy atom. The molecule has 16 heavy (non-hydrogen) atoms. The van der Waals surface area contributed by atoms with E-state index < -0.39 is 0 Å². The van der Waals surface area contributed by atoms with Crippen LogP contribution in [0.5, 0.6) is 0 Å². The van der Waals surface area contributed by atoms with Crippen LogP contribution in [0.1, 0.15) is 5.89 Å². The second-order valence-corrected chi connectivity index (χ2v) is 3.55. The molecule has 3 aromatic rings. The summed E-state index contributed by atoms with van der Waals surface area (Å²) in [6.45, 7) is 1.76. The van der Waals surface area contributed by atoms with E-state index in [1.165, 1.54) is 0 Å². The predicted octanol–water partition coefficient (Wildman–Crippen LogP) is 1.33. The van der Waals surface area contributed by atoms with Crippen LogP contribution in [0.4, 0.5) is 0 Å². The number of benzene rings is 1. The Labute approximate surface area is 90.9 Å². The van der Waals surface area contributed by atoms with Crippen LogP contribution >= 0.6 is 0 Å². The van der Waals surface area contributed by atoms with E-state index in [-0.39, 0.29) is 0 Å². The van der Waals surface area contributed by atoms with Gasteiger partial charge in [-0.2, -0.15) is 4.98 Å². The topological polar surface area (TPSA) is 69.6 Å². The third-order valence-electron chi connectivity index (χ3n) is 2.40. The van der Waals surface area contributed by atoms with E-state index in [1.807, 2.05) is 25.2 Å². The monoisotopic (exact) mass is 215 g/mol. The van der Waals surface area contributed by atoms with Gasteiger partial charge in [-0.05, 0) is 18.2 Å². The molecule has 0 saturated heterocycles. The maximum absolute atomic E-state index is 4.93. The summed E-state index contributed by atoms with van der Waals surface area (Å²) in [6.07, 6.45) is 0. The van der Waals surface area contributed by atoms with Crippen LogP contribution in [0, 0.1) is 6.92 Å². The van der Waals surface area contributed by atoms with Crippen LogP contribution < -0.4 is 0 Å². The van der Waals surface area contributed by atoms with Gasteiger partial charge in [0, 0.05) is 19.5 Å². The van der Waals surface area contributed by atoms with E-state index in [1.54, 1.807) is 11.6 Å². The minimum absolute atomic E-state index is 0.550. The van der Waals surface area contributed by atoms with Crippen molar-refractivity contribution in [3.63, 3.8) is 0 Å². The highest BCUT2D eigenvalue weighted by Gasteiger charge is 2.08. The van der Waals surface area contributed by atoms with Gasteiger partial charge in [-0.25, -0.2) is 4.68 Å². The van der Waals surface area contributed by atoms with E-state index in [4.69, 9.17) is 4.52 Å². The molecule has 0 N–H and O–H groups in total. The summed E-state index contributed by atoms with van der Waals surface area (Å²) in [7, 11) is 1.85. The molecule has 0 amide bonds. The molecule has 0 aliphatic rings. The highest BCUT2D eigenvalue weighted by atomic mass is 16.5. The second kappa shape index (κ2) is 3.13. The van der Waals surface area contributed by atoms with Crippen LogP contribution in [0.25, 0.3) is 22.4 Å². The van der Waals surface area contributed by atoms with Gasteiger partial charge in [0.2, 0.25) is 11.7 Å². The third kappa shape index (κ3) is 1.27. The zero-order chi connectivity index (χ0) is 11.1. The summed E-state index contributed by atoms with van der Waals surface area (Å²) in [5.41, 5.74) is 2.68. The molecule has 2 aromatic heterocycles. The zero-order valence-corrected chi connectivity index (χ0v) is 8.88. The molecule has 0 fully saturated rings. The average Bonchev–Trinajstić information content (AvgIpc) is 2.86. The van der Waals surface area contributed by atoms with Crippen molar-refractivity contribution in [2.24, 2.45) is 7.05 Å². The molecular weight excluding hydrogens is 206 g/mol. The highest BCUT2D eigenvalue weighted by Crippen LogP contribution is 2.20. The SMILES string of the molecule is Cc1nc(-c2ccc3c(c2)nnn3C)no1. The molecule has 6 nitrogen and oxygen atoms in total. The van der Waals surface area contributed by atoms with Crippen LogP contribution in [-0.2, 0) is 7.05 Å². The number of fused-ring (bicyclic) bond motifs is 1. The fourth-order valence-electron chi connectivity index (χ4n) is 1.60. The van der Waals surface area contributed by atoms with Crippen molar-refractivity contribution in [2.45, 2.75) is 6.92 Å². The van der Waals surface area contributed by atoms with Crippen molar-refractivity contribution in [1.29, 1.82) is 0 Å². The Kier molecular flexibility index (Phi) is 1.76. The first-order valence-electron chi connectivity index (χ1n) is 4.84. The Hall–Kier alpha value is -2.24. The largest absolute Gasteiger partial charge is 0.339 e. The first-order valence-corrected chi connectivity index (χ1v) is 4.84. The lowest BCUT2D eigenvalue weighted by atomic mass is 10.2. The summed E-state index contributed by atoms with van der Waals surface area (Å²) >= 11 is 0. The van der Waals surface area contributed by atoms with Gasteiger partial charge in [-0.15, -0.1) is 5.10 Å². The molecule has 1 aromatic carbocycles. The summed E-state index contributed by atoms with van der Waals surface area (Å²) in [4.78, 5) is 4.16. The lowest BCUT2D eigenvalue weighted by Gasteiger charge is -1.94. The Bertz CT molecular complexity index is 654. The predicted molar refractivity (Wildman–Crippen MR) is 56.5 cm³/mol. The Morgan fingerprint density at radius 1 is 1.31 bits per heavy atom. The fraction of sp³-hybridized carbons (Fsp3) is 0.200. The van der Waals surface area contributed by atoms with Gasteiger partial charge in [0.05, 0.1) is 5.52 Å². The van der Waals surface area contributed by atoms with E-state index in [2.05, 4.69) is 20.5 Å². The Morgan fingerprint density at radius 3 is 2.94 bits per heavy atom. The van der Waals surface area contributed by atoms with Crippen LogP contribution in [0.3, 0.4) is 0 Å². The van der Waals surface area contributed by atoms with Crippen LogP contribution in [0.2, 0.25) is 0 Å². The van der Waals surface area contributed by atoms with Crippen LogP contribution in [0.15, 0.2) is 22.7 Å². The van der Waals surface area contributed by atoms with Gasteiger partial charge in [-0.3, -0.25) is 0 Å². The summed E-state index contributed by atoms with van der Waals surface area (Å²) in [6, 6.07) is 5.76. The lowest BCUT2D eigenvalue weighted by molar-refractivity contribution is 0.394. The molecule has 0 aliphatic heterocycles. The quantitative estimate of drug-likeness (QED) is 0.612. The average molecular weight is 215 g/mol. The summed E-state index contributed by atoms with van der Waals surface area (Å²) in [5.74, 6) is 1.12. The van der Waals surface area contributed by atoms with Gasteiger partial charge >= 0.3 is 0 Å². The van der Waals surface area contributed by atoms with E-state index >= 15 is 0 Å². The van der Waals surface area contributed by atoms with Crippen LogP contribution in [-0.4, -0.2) is 25.1 Å². The van der Waals surface area contributed by atoms with Gasteiger partial charge in [0.25, 0.3) is 0 Å². The molecule has 0 aliphatic carbocycles. The number of hydrogen-bond acceptors (Lipinski definition) is 5. The van der Waals surface area contributed by atoms with E-state index in [9.17, 15) is 0 Å². The molecule has 0 atom stereocenters. The number of aryl methyl sites for hydroxylation is 2. The standard InChI is InChI=1S/C10H9N5O/c1-6-11-10(13-16-6)7-3-4-9-8(5-7)12-14-15(9)2/h3-5H,1-2H3. The van der Waals surface area contributed by atoms with Crippen molar-refractivity contribution in [1.82, 2.24) is 25.1 Å². The molecule has 80 valence electrons. The maximum atomic E-state index is 4.93. The van der Waals surface area contributed by atoms with Crippen molar-refractivity contribution >= 4 is 11.0 Å². The molecule has 0 unspecified atom stereocenters. The summed E-state index contributed by atoms with van der Waals surface area (Å²) in [5, 5.41) is 11.8. The van der Waals surface area contributed by atoms with Crippen molar-refractivity contribution in [2.75, 3.05) is 0 Å². The molecular formula is C10H9N5O. The lowest BCUT2D eigenvalue weighted by Crippen LogP contribution is -1.89. The van der Waals surface area contributed by atoms with Gasteiger partial charge in [0.15, 0.2) is 0 Å². The number of nitrogens with zero attached hydrogens (tertiary/aromatic N) is 5. The first-order chi connectivity index (χ1) is 7.74. The first kappa shape index (κ1) is 9.02. The molecule has 3 rings (SSSR count). The smallest absolute Gasteiger partial charge is 0.223 e. The molecule has 0 saturated carbocycles. The van der Waals surface area contributed by atoms with Crippen molar-refractivity contribution in [3.8, 4) is 11.4 Å². The third-order valence-corrected chi connectivity index (χ3v) is 2.40. The van der Waals surface area contributed by atoms with Crippen molar-refractivity contribution in [3.05, 3.63) is 24.1 Å². The zero-order valence-electron chi connectivity index (χ0n) is 8.88. The minimum Gasteiger partial charge on any atom is -0.339 e. The van der Waals surface area contributed by atoms with Gasteiger partial charge < -0.3 is 4.52 Å².